The van der Waals surface area contributed by atoms with Crippen LogP contribution in [0.3, 0.4) is 0 Å². The van der Waals surface area contributed by atoms with Crippen molar-refractivity contribution >= 4 is 17.6 Å². The Balaban J connectivity index is 2.54. The standard InChI is InChI=1S/C13H18N2O4/c1-15-12(16)4-3-7-19-13(17)10-8-9(14)5-6-11(10)18-2/h5-6,8H,3-4,7,14H2,1-2H3,(H,15,16). The van der Waals surface area contributed by atoms with Crippen LogP contribution >= 0.6 is 0 Å². The van der Waals surface area contributed by atoms with Gasteiger partial charge in [0, 0.05) is 19.2 Å². The molecule has 0 aromatic heterocycles. The summed E-state index contributed by atoms with van der Waals surface area (Å²) in [6.45, 7) is 0.171. The minimum absolute atomic E-state index is 0.0856. The molecule has 0 saturated carbocycles. The molecule has 0 aliphatic rings. The Hall–Kier alpha value is -2.24. The first-order chi connectivity index (χ1) is 9.08. The summed E-state index contributed by atoms with van der Waals surface area (Å²) in [7, 11) is 3.03. The number of hydrogen-bond acceptors (Lipinski definition) is 5. The molecule has 6 heteroatoms. The molecule has 104 valence electrons. The zero-order valence-corrected chi connectivity index (χ0v) is 11.1. The quantitative estimate of drug-likeness (QED) is 0.454. The van der Waals surface area contributed by atoms with Crippen molar-refractivity contribution in [1.29, 1.82) is 0 Å². The van der Waals surface area contributed by atoms with Crippen molar-refractivity contribution in [2.75, 3.05) is 26.5 Å². The molecule has 1 aromatic rings. The number of methoxy groups -OCH3 is 1. The van der Waals surface area contributed by atoms with Crippen LogP contribution in [0.15, 0.2) is 18.2 Å². The number of hydrogen-bond donors (Lipinski definition) is 2. The fraction of sp³-hybridized carbons (Fsp3) is 0.385. The van der Waals surface area contributed by atoms with Gasteiger partial charge in [-0.25, -0.2) is 4.79 Å². The van der Waals surface area contributed by atoms with Crippen molar-refractivity contribution in [3.8, 4) is 5.75 Å². The number of nitrogens with two attached hydrogens (primary N) is 1. The Morgan fingerprint density at radius 2 is 2.11 bits per heavy atom. The van der Waals surface area contributed by atoms with Gasteiger partial charge in [0.2, 0.25) is 5.91 Å². The van der Waals surface area contributed by atoms with Crippen molar-refractivity contribution < 1.29 is 19.1 Å². The van der Waals surface area contributed by atoms with Crippen LogP contribution in [-0.2, 0) is 9.53 Å². The fourth-order valence-electron chi connectivity index (χ4n) is 1.49. The summed E-state index contributed by atoms with van der Waals surface area (Å²) in [6.07, 6.45) is 0.786. The van der Waals surface area contributed by atoms with Gasteiger partial charge < -0.3 is 20.5 Å². The third-order valence-electron chi connectivity index (χ3n) is 2.50. The van der Waals surface area contributed by atoms with Crippen molar-refractivity contribution in [3.05, 3.63) is 23.8 Å². The van der Waals surface area contributed by atoms with Gasteiger partial charge in [0.05, 0.1) is 13.7 Å². The molecular weight excluding hydrogens is 248 g/mol. The summed E-state index contributed by atoms with van der Waals surface area (Å²) in [4.78, 5) is 22.8. The second kappa shape index (κ2) is 7.25. The first-order valence-corrected chi connectivity index (χ1v) is 5.89. The second-order valence-corrected chi connectivity index (χ2v) is 3.87. The molecule has 6 nitrogen and oxygen atoms in total. The molecule has 19 heavy (non-hydrogen) atoms. The lowest BCUT2D eigenvalue weighted by Crippen LogP contribution is -2.18. The number of nitrogens with one attached hydrogen (secondary N) is 1. The van der Waals surface area contributed by atoms with Crippen LogP contribution in [0.25, 0.3) is 0 Å². The van der Waals surface area contributed by atoms with Crippen LogP contribution < -0.4 is 15.8 Å². The number of benzene rings is 1. The third-order valence-corrected chi connectivity index (χ3v) is 2.50. The van der Waals surface area contributed by atoms with Gasteiger partial charge in [-0.3, -0.25) is 4.79 Å². The molecule has 0 atom stereocenters. The van der Waals surface area contributed by atoms with E-state index in [-0.39, 0.29) is 18.1 Å². The lowest BCUT2D eigenvalue weighted by molar-refractivity contribution is -0.120. The SMILES string of the molecule is CNC(=O)CCCOC(=O)c1cc(N)ccc1OC. The zero-order chi connectivity index (χ0) is 14.3. The van der Waals surface area contributed by atoms with E-state index in [1.807, 2.05) is 0 Å². The van der Waals surface area contributed by atoms with Gasteiger partial charge in [0.25, 0.3) is 0 Å². The number of amides is 1. The van der Waals surface area contributed by atoms with Crippen LogP contribution in [0, 0.1) is 0 Å². The summed E-state index contributed by atoms with van der Waals surface area (Å²) >= 11 is 0. The smallest absolute Gasteiger partial charge is 0.341 e. The van der Waals surface area contributed by atoms with Crippen molar-refractivity contribution in [3.63, 3.8) is 0 Å². The van der Waals surface area contributed by atoms with Gasteiger partial charge in [0.1, 0.15) is 11.3 Å². The Morgan fingerprint density at radius 1 is 1.37 bits per heavy atom. The minimum atomic E-state index is -0.513. The first-order valence-electron chi connectivity index (χ1n) is 5.89. The molecule has 0 heterocycles. The highest BCUT2D eigenvalue weighted by Gasteiger charge is 2.14. The van der Waals surface area contributed by atoms with Gasteiger partial charge in [0.15, 0.2) is 0 Å². The maximum atomic E-state index is 11.8. The molecule has 0 saturated heterocycles. The molecule has 1 rings (SSSR count). The maximum Gasteiger partial charge on any atom is 0.341 e. The topological polar surface area (TPSA) is 90.7 Å². The zero-order valence-electron chi connectivity index (χ0n) is 11.1. The highest BCUT2D eigenvalue weighted by atomic mass is 16.5. The van der Waals surface area contributed by atoms with E-state index in [1.165, 1.54) is 13.2 Å². The predicted octanol–water partition coefficient (Wildman–Crippen LogP) is 0.960. The highest BCUT2D eigenvalue weighted by molar-refractivity contribution is 5.93. The van der Waals surface area contributed by atoms with Gasteiger partial charge in [-0.2, -0.15) is 0 Å². The lowest BCUT2D eigenvalue weighted by atomic mass is 10.2. The molecule has 0 aliphatic carbocycles. The van der Waals surface area contributed by atoms with Gasteiger partial charge in [-0.1, -0.05) is 0 Å². The van der Waals surface area contributed by atoms with Gasteiger partial charge in [-0.15, -0.1) is 0 Å². The van der Waals surface area contributed by atoms with E-state index in [4.69, 9.17) is 15.2 Å². The molecule has 1 amide bonds. The van der Waals surface area contributed by atoms with Crippen LogP contribution in [-0.4, -0.2) is 32.6 Å². The number of nitrogen functional groups attached to an aromatic ring is 1. The van der Waals surface area contributed by atoms with Crippen molar-refractivity contribution in [2.45, 2.75) is 12.8 Å². The van der Waals surface area contributed by atoms with Gasteiger partial charge in [-0.05, 0) is 24.6 Å². The van der Waals surface area contributed by atoms with Crippen molar-refractivity contribution in [1.82, 2.24) is 5.32 Å². The van der Waals surface area contributed by atoms with E-state index in [1.54, 1.807) is 19.2 Å². The summed E-state index contributed by atoms with van der Waals surface area (Å²) in [5.74, 6) is -0.191. The number of carbonyl (C=O) groups excluding carboxylic acids is 2. The molecular formula is C13H18N2O4. The number of ether oxygens (including phenoxy) is 2. The molecule has 0 aliphatic heterocycles. The molecule has 0 radical (unpaired) electrons. The third kappa shape index (κ3) is 4.50. The summed E-state index contributed by atoms with van der Waals surface area (Å²) in [5, 5.41) is 2.49. The average molecular weight is 266 g/mol. The Bertz CT molecular complexity index is 460. The van der Waals surface area contributed by atoms with E-state index in [0.29, 0.717) is 24.3 Å². The second-order valence-electron chi connectivity index (χ2n) is 3.87. The highest BCUT2D eigenvalue weighted by Crippen LogP contribution is 2.21. The molecule has 0 fully saturated rings. The number of esters is 1. The maximum absolute atomic E-state index is 11.8. The van der Waals surface area contributed by atoms with Crippen LogP contribution in [0.4, 0.5) is 5.69 Å². The minimum Gasteiger partial charge on any atom is -0.496 e. The summed E-state index contributed by atoms with van der Waals surface area (Å²) in [6, 6.07) is 4.75. The summed E-state index contributed by atoms with van der Waals surface area (Å²) < 4.78 is 10.1. The lowest BCUT2D eigenvalue weighted by Gasteiger charge is -2.09. The molecule has 0 unspecified atom stereocenters. The average Bonchev–Trinajstić information content (AvgIpc) is 2.42. The van der Waals surface area contributed by atoms with E-state index in [0.717, 1.165) is 0 Å². The van der Waals surface area contributed by atoms with Crippen LogP contribution in [0.1, 0.15) is 23.2 Å². The number of rotatable bonds is 6. The van der Waals surface area contributed by atoms with Crippen LogP contribution in [0.5, 0.6) is 5.75 Å². The predicted molar refractivity (Wildman–Crippen MR) is 71.0 cm³/mol. The number of carbonyl (C=O) groups is 2. The normalized spacial score (nSPS) is 9.79. The van der Waals surface area contributed by atoms with Gasteiger partial charge >= 0.3 is 5.97 Å². The first kappa shape index (κ1) is 14.8. The van der Waals surface area contributed by atoms with E-state index in [2.05, 4.69) is 5.32 Å². The molecule has 0 bridgehead atoms. The van der Waals surface area contributed by atoms with E-state index < -0.39 is 5.97 Å². The Morgan fingerprint density at radius 3 is 2.74 bits per heavy atom. The monoisotopic (exact) mass is 266 g/mol. The van der Waals surface area contributed by atoms with Crippen molar-refractivity contribution in [2.24, 2.45) is 0 Å². The Labute approximate surface area is 111 Å². The largest absolute Gasteiger partial charge is 0.496 e. The molecule has 3 N–H and O–H groups in total. The molecule has 0 spiro atoms. The summed E-state index contributed by atoms with van der Waals surface area (Å²) in [5.41, 5.74) is 6.35. The fourth-order valence-corrected chi connectivity index (χ4v) is 1.49. The van der Waals surface area contributed by atoms with E-state index in [9.17, 15) is 9.59 Å². The molecule has 1 aromatic carbocycles. The number of anilines is 1. The Kier molecular flexibility index (Phi) is 5.66. The van der Waals surface area contributed by atoms with E-state index >= 15 is 0 Å². The van der Waals surface area contributed by atoms with Crippen LogP contribution in [0.2, 0.25) is 0 Å².